The first-order chi connectivity index (χ1) is 19.7. The highest BCUT2D eigenvalue weighted by Gasteiger charge is 2.25. The van der Waals surface area contributed by atoms with Crippen LogP contribution >= 0.6 is 28.4 Å². The lowest BCUT2D eigenvalue weighted by Gasteiger charge is -2.37. The SMILES string of the molecule is COc1c(Nc2cc(Nc3ccc(N4CC(O)C4)cn3)nc3c2nc(C(F)F)n3PI)cccc1/C(N)=N/N(C)N. The van der Waals surface area contributed by atoms with Crippen LogP contribution < -0.4 is 31.8 Å². The van der Waals surface area contributed by atoms with Crippen LogP contribution in [-0.4, -0.2) is 68.7 Å². The van der Waals surface area contributed by atoms with Gasteiger partial charge in [0.05, 0.1) is 48.4 Å². The summed E-state index contributed by atoms with van der Waals surface area (Å²) >= 11 is 2.02. The number of β-amino-alcohol motifs (C(OH)–C–C–N with tert-alkyl or cyclic N) is 1. The van der Waals surface area contributed by atoms with Crippen LogP contribution in [0, 0.1) is 0 Å². The number of nitrogens with two attached hydrogens (primary N) is 2. The number of benzene rings is 1. The van der Waals surface area contributed by atoms with Gasteiger partial charge in [0.25, 0.3) is 6.43 Å². The number of hydrogen-bond acceptors (Lipinski definition) is 11. The molecule has 0 spiro atoms. The van der Waals surface area contributed by atoms with Gasteiger partial charge in [-0.1, -0.05) is 6.07 Å². The number of alkyl halides is 2. The zero-order valence-corrected chi connectivity index (χ0v) is 25.0. The molecule has 4 heterocycles. The average molecular weight is 697 g/mol. The molecule has 41 heavy (non-hydrogen) atoms. The third-order valence-corrected chi connectivity index (χ3v) is 8.24. The predicted molar refractivity (Wildman–Crippen MR) is 165 cm³/mol. The van der Waals surface area contributed by atoms with Crippen LogP contribution in [0.3, 0.4) is 0 Å². The lowest BCUT2D eigenvalue weighted by Crippen LogP contribution is -2.50. The van der Waals surface area contributed by atoms with Crippen molar-refractivity contribution in [3.8, 4) is 5.75 Å². The van der Waals surface area contributed by atoms with E-state index in [0.717, 1.165) is 10.8 Å². The molecule has 0 amide bonds. The maximum absolute atomic E-state index is 13.9. The largest absolute Gasteiger partial charge is 0.494 e. The van der Waals surface area contributed by atoms with E-state index >= 15 is 0 Å². The van der Waals surface area contributed by atoms with Crippen LogP contribution in [-0.2, 0) is 0 Å². The molecule has 1 aliphatic heterocycles. The molecular formula is C24H27F2IN11O2P. The average Bonchev–Trinajstić information content (AvgIpc) is 3.30. The van der Waals surface area contributed by atoms with Crippen molar-refractivity contribution in [1.82, 2.24) is 24.4 Å². The molecule has 13 nitrogen and oxygen atoms in total. The first kappa shape index (κ1) is 28.9. The topological polar surface area (TPSA) is 168 Å². The number of fused-ring (bicyclic) bond motifs is 1. The monoisotopic (exact) mass is 697 g/mol. The zero-order valence-electron chi connectivity index (χ0n) is 21.9. The second kappa shape index (κ2) is 12.1. The Hall–Kier alpha value is -3.60. The van der Waals surface area contributed by atoms with Crippen molar-refractivity contribution in [2.75, 3.05) is 42.8 Å². The Kier molecular flexibility index (Phi) is 8.53. The van der Waals surface area contributed by atoms with E-state index in [1.807, 2.05) is 33.0 Å². The maximum atomic E-state index is 13.9. The lowest BCUT2D eigenvalue weighted by molar-refractivity contribution is 0.140. The van der Waals surface area contributed by atoms with E-state index in [-0.39, 0.29) is 35.3 Å². The third kappa shape index (κ3) is 6.05. The maximum Gasteiger partial charge on any atom is 0.295 e. The summed E-state index contributed by atoms with van der Waals surface area (Å²) in [6.45, 7) is 1.11. The van der Waals surface area contributed by atoms with Gasteiger partial charge < -0.3 is 31.1 Å². The van der Waals surface area contributed by atoms with Crippen LogP contribution in [0.25, 0.3) is 11.2 Å². The van der Waals surface area contributed by atoms with Gasteiger partial charge in [-0.15, -0.1) is 5.10 Å². The summed E-state index contributed by atoms with van der Waals surface area (Å²) in [5, 5.41) is 21.1. The molecule has 0 aliphatic carbocycles. The van der Waals surface area contributed by atoms with Crippen LogP contribution in [0.2, 0.25) is 0 Å². The minimum atomic E-state index is -2.80. The number of hydrogen-bond donors (Lipinski definition) is 5. The molecule has 216 valence electrons. The fourth-order valence-corrected chi connectivity index (χ4v) is 6.22. The summed E-state index contributed by atoms with van der Waals surface area (Å²) in [4.78, 5) is 15.3. The Morgan fingerprint density at radius 2 is 2.00 bits per heavy atom. The molecule has 17 heteroatoms. The van der Waals surface area contributed by atoms with Crippen molar-refractivity contribution in [1.29, 1.82) is 0 Å². The molecule has 3 aromatic heterocycles. The standard InChI is InChI=1S/C24H27F2IN11O2P/c1-36(29)35-22(28)14-4-3-5-15(20(14)40-2)31-16-8-18(33-23-19(16)34-24(21(25)26)38(23)41-27)32-17-7-6-12(9-30-17)37-10-13(39)11-37/h3-9,13,21,39,41H,10-11,29H2,1-2H3,(H2,28,35)(H2,30,31,32,33). The molecular weight excluding hydrogens is 670 g/mol. The number of rotatable bonds is 10. The molecule has 0 saturated carbocycles. The number of methoxy groups -OCH3 is 1. The number of aliphatic hydroxyl groups excluding tert-OH is 1. The molecule has 1 unspecified atom stereocenters. The first-order valence-electron chi connectivity index (χ1n) is 12.2. The number of ether oxygens (including phenoxy) is 1. The summed E-state index contributed by atoms with van der Waals surface area (Å²) in [6, 6.07) is 10.5. The number of halogens is 3. The number of aliphatic hydroxyl groups is 1. The van der Waals surface area contributed by atoms with Gasteiger partial charge in [0.15, 0.2) is 23.1 Å². The van der Waals surface area contributed by atoms with E-state index in [9.17, 15) is 13.9 Å². The molecule has 0 bridgehead atoms. The fourth-order valence-electron chi connectivity index (χ4n) is 4.32. The Bertz CT molecular complexity index is 1580. The molecule has 4 aromatic rings. The van der Waals surface area contributed by atoms with Gasteiger partial charge in [0.2, 0.25) is 0 Å². The van der Waals surface area contributed by atoms with Crippen LogP contribution in [0.5, 0.6) is 5.75 Å². The Balaban J connectivity index is 1.56. The van der Waals surface area contributed by atoms with Crippen LogP contribution in [0.1, 0.15) is 17.8 Å². The molecule has 1 saturated heterocycles. The first-order valence-corrected chi connectivity index (χ1v) is 16.3. The van der Waals surface area contributed by atoms with E-state index in [0.29, 0.717) is 47.4 Å². The number of imidazole rings is 1. The summed E-state index contributed by atoms with van der Waals surface area (Å²) in [6.07, 6.45) is -1.51. The third-order valence-electron chi connectivity index (χ3n) is 6.18. The van der Waals surface area contributed by atoms with Crippen molar-refractivity contribution in [3.63, 3.8) is 0 Å². The number of pyridine rings is 2. The Labute approximate surface area is 248 Å². The van der Waals surface area contributed by atoms with Gasteiger partial charge in [-0.3, -0.25) is 4.34 Å². The zero-order chi connectivity index (χ0) is 29.3. The van der Waals surface area contributed by atoms with Crippen LogP contribution in [0.15, 0.2) is 47.7 Å². The molecule has 0 radical (unpaired) electrons. The van der Waals surface area contributed by atoms with E-state index in [2.05, 4.69) is 30.7 Å². The molecule has 1 aliphatic rings. The molecule has 7 N–H and O–H groups in total. The quantitative estimate of drug-likeness (QED) is 0.0410. The second-order valence-electron chi connectivity index (χ2n) is 9.07. The van der Waals surface area contributed by atoms with Crippen LogP contribution in [0.4, 0.5) is 37.5 Å². The normalized spacial score (nSPS) is 14.2. The van der Waals surface area contributed by atoms with Gasteiger partial charge in [0, 0.05) is 26.2 Å². The number of anilines is 5. The number of hydrazine groups is 1. The molecule has 1 fully saturated rings. The van der Waals surface area contributed by atoms with Gasteiger partial charge in [-0.2, -0.15) is 0 Å². The molecule has 5 rings (SSSR count). The summed E-state index contributed by atoms with van der Waals surface area (Å²) in [7, 11) is 3.02. The number of nitrogens with one attached hydrogen (secondary N) is 2. The summed E-state index contributed by atoms with van der Waals surface area (Å²) in [5.41, 5.74) is 8.92. The highest BCUT2D eigenvalue weighted by atomic mass is 127. The van der Waals surface area contributed by atoms with Crippen molar-refractivity contribution >= 4 is 74.1 Å². The van der Waals surface area contributed by atoms with Crippen molar-refractivity contribution in [2.45, 2.75) is 12.5 Å². The van der Waals surface area contributed by atoms with Crippen molar-refractivity contribution in [3.05, 3.63) is 54.0 Å². The van der Waals surface area contributed by atoms with E-state index in [4.69, 9.17) is 16.3 Å². The van der Waals surface area contributed by atoms with Crippen molar-refractivity contribution in [2.24, 2.45) is 16.7 Å². The minimum absolute atomic E-state index is 0.0713. The second-order valence-corrected chi connectivity index (χ2v) is 11.1. The highest BCUT2D eigenvalue weighted by molar-refractivity contribution is 14.2. The van der Waals surface area contributed by atoms with Crippen molar-refractivity contribution < 1.29 is 18.6 Å². The minimum Gasteiger partial charge on any atom is -0.494 e. The molecule has 1 atom stereocenters. The van der Waals surface area contributed by atoms with E-state index < -0.39 is 6.43 Å². The highest BCUT2D eigenvalue weighted by Crippen LogP contribution is 2.40. The number of amidine groups is 1. The molecule has 1 aromatic carbocycles. The van der Waals surface area contributed by atoms with Gasteiger partial charge in [0.1, 0.15) is 17.2 Å². The predicted octanol–water partition coefficient (Wildman–Crippen LogP) is 3.66. The number of aromatic nitrogens is 4. The number of para-hydroxylation sites is 1. The smallest absolute Gasteiger partial charge is 0.295 e. The Morgan fingerprint density at radius 1 is 1.22 bits per heavy atom. The van der Waals surface area contributed by atoms with E-state index in [1.165, 1.54) is 18.5 Å². The van der Waals surface area contributed by atoms with Gasteiger partial charge in [-0.25, -0.2) is 34.7 Å². The fraction of sp³-hybridized carbons (Fsp3) is 0.250. The Morgan fingerprint density at radius 3 is 2.61 bits per heavy atom. The number of nitrogens with zero attached hydrogens (tertiary/aromatic N) is 7. The summed E-state index contributed by atoms with van der Waals surface area (Å²) in [5.74, 6) is 6.58. The lowest BCUT2D eigenvalue weighted by atomic mass is 10.1. The number of hydrazone groups is 1. The van der Waals surface area contributed by atoms with Gasteiger partial charge in [-0.05, 0) is 46.3 Å². The van der Waals surface area contributed by atoms with E-state index in [1.54, 1.807) is 36.5 Å². The summed E-state index contributed by atoms with van der Waals surface area (Å²) < 4.78 is 34.9. The van der Waals surface area contributed by atoms with Gasteiger partial charge >= 0.3 is 0 Å².